The molecule has 8 rings (SSSR count). The molecule has 1 aliphatic heterocycles. The highest BCUT2D eigenvalue weighted by Gasteiger charge is 2.51. The van der Waals surface area contributed by atoms with E-state index < -0.39 is 18.3 Å². The molecule has 1 saturated heterocycles. The van der Waals surface area contributed by atoms with E-state index in [1.807, 2.05) is 6.07 Å². The summed E-state index contributed by atoms with van der Waals surface area (Å²) in [6.07, 6.45) is 0. The van der Waals surface area contributed by atoms with Gasteiger partial charge in [-0.05, 0) is 69.1 Å². The van der Waals surface area contributed by atoms with Crippen LogP contribution in [0.3, 0.4) is 0 Å². The summed E-state index contributed by atoms with van der Waals surface area (Å²) >= 11 is 0. The number of furan rings is 1. The smallest absolute Gasteiger partial charge is 0.455 e. The minimum atomic E-state index is -0.445. The molecule has 1 aliphatic rings. The highest BCUT2D eigenvalue weighted by Crippen LogP contribution is 2.41. The van der Waals surface area contributed by atoms with E-state index >= 15 is 0 Å². The van der Waals surface area contributed by atoms with Gasteiger partial charge in [0.05, 0.1) is 22.2 Å². The Morgan fingerprint density at radius 2 is 1.20 bits per heavy atom. The molecule has 2 aromatic heterocycles. The summed E-state index contributed by atoms with van der Waals surface area (Å²) in [5, 5.41) is 4.64. The van der Waals surface area contributed by atoms with Crippen molar-refractivity contribution >= 4 is 56.3 Å². The van der Waals surface area contributed by atoms with Crippen molar-refractivity contribution < 1.29 is 13.7 Å². The van der Waals surface area contributed by atoms with Gasteiger partial charge in [0.25, 0.3) is 0 Å². The largest absolute Gasteiger partial charge is 0.494 e. The Kier molecular flexibility index (Phi) is 5.13. The number of nitrogens with zero attached hydrogens (tertiary/aromatic N) is 1. The molecular weight excluding hydrogens is 505 g/mol. The van der Waals surface area contributed by atoms with Crippen LogP contribution in [0.5, 0.6) is 0 Å². The Labute approximate surface area is 239 Å². The van der Waals surface area contributed by atoms with Gasteiger partial charge in [0.2, 0.25) is 0 Å². The standard InChI is InChI=1S/C36H30BNO3/c1-35(2)36(3,4)41-37(40-35)24-18-19-28-30-22-25(21-29(23-12-6-5-7-13-23)34(30)39-33(28)20-24)38-31-16-10-8-14-26(31)27-15-9-11-17-32(27)38/h5-22H,1-4H3. The molecule has 0 amide bonds. The molecule has 0 N–H and O–H groups in total. The maximum atomic E-state index is 6.67. The second-order valence-electron chi connectivity index (χ2n) is 12.1. The fourth-order valence-electron chi connectivity index (χ4n) is 6.17. The Bertz CT molecular complexity index is 2050. The Morgan fingerprint density at radius 1 is 0.585 bits per heavy atom. The van der Waals surface area contributed by atoms with Crippen molar-refractivity contribution in [3.05, 3.63) is 109 Å². The van der Waals surface area contributed by atoms with Crippen molar-refractivity contribution in [2.45, 2.75) is 38.9 Å². The molecule has 1 fully saturated rings. The van der Waals surface area contributed by atoms with Crippen molar-refractivity contribution in [1.82, 2.24) is 4.57 Å². The Balaban J connectivity index is 1.39. The zero-order valence-corrected chi connectivity index (χ0v) is 23.6. The first kappa shape index (κ1) is 24.5. The minimum absolute atomic E-state index is 0.405. The molecule has 5 heteroatoms. The molecule has 0 aliphatic carbocycles. The van der Waals surface area contributed by atoms with E-state index in [-0.39, 0.29) is 0 Å². The molecule has 0 atom stereocenters. The SMILES string of the molecule is CC1(C)OB(c2ccc3c(c2)oc2c(-c4ccccc4)cc(-n4c5ccccc5c5ccccc54)cc23)OC1(C)C. The summed E-state index contributed by atoms with van der Waals surface area (Å²) < 4.78 is 21.7. The van der Waals surface area contributed by atoms with Gasteiger partial charge in [0.15, 0.2) is 0 Å². The quantitative estimate of drug-likeness (QED) is 0.213. The lowest BCUT2D eigenvalue weighted by Gasteiger charge is -2.32. The fraction of sp³-hybridized carbons (Fsp3) is 0.167. The molecule has 5 aromatic carbocycles. The first-order valence-corrected chi connectivity index (χ1v) is 14.2. The summed E-state index contributed by atoms with van der Waals surface area (Å²) in [5.74, 6) is 0. The zero-order chi connectivity index (χ0) is 27.9. The normalized spacial score (nSPS) is 16.4. The average molecular weight is 535 g/mol. The van der Waals surface area contributed by atoms with E-state index in [1.165, 1.54) is 21.8 Å². The van der Waals surface area contributed by atoms with Crippen molar-refractivity contribution in [2.24, 2.45) is 0 Å². The number of hydrogen-bond acceptors (Lipinski definition) is 3. The monoisotopic (exact) mass is 535 g/mol. The van der Waals surface area contributed by atoms with Crippen LogP contribution in [-0.4, -0.2) is 22.9 Å². The first-order valence-electron chi connectivity index (χ1n) is 14.2. The van der Waals surface area contributed by atoms with Crippen LogP contribution in [0.1, 0.15) is 27.7 Å². The lowest BCUT2D eigenvalue weighted by atomic mass is 9.79. The number of benzene rings is 5. The van der Waals surface area contributed by atoms with Crippen molar-refractivity contribution in [3.63, 3.8) is 0 Å². The lowest BCUT2D eigenvalue weighted by molar-refractivity contribution is 0.00578. The van der Waals surface area contributed by atoms with E-state index in [1.54, 1.807) is 0 Å². The highest BCUT2D eigenvalue weighted by atomic mass is 16.7. The van der Waals surface area contributed by atoms with Gasteiger partial charge >= 0.3 is 7.12 Å². The van der Waals surface area contributed by atoms with Crippen LogP contribution in [-0.2, 0) is 9.31 Å². The molecule has 4 nitrogen and oxygen atoms in total. The van der Waals surface area contributed by atoms with Crippen molar-refractivity contribution in [2.75, 3.05) is 0 Å². The number of hydrogen-bond donors (Lipinski definition) is 0. The molecule has 0 unspecified atom stereocenters. The van der Waals surface area contributed by atoms with Crippen LogP contribution in [0, 0.1) is 0 Å². The molecule has 0 saturated carbocycles. The van der Waals surface area contributed by atoms with Crippen molar-refractivity contribution in [3.8, 4) is 16.8 Å². The van der Waals surface area contributed by atoms with E-state index in [2.05, 4.69) is 135 Å². The molecular formula is C36H30BNO3. The third kappa shape index (κ3) is 3.63. The topological polar surface area (TPSA) is 36.5 Å². The summed E-state index contributed by atoms with van der Waals surface area (Å²) in [5.41, 5.74) is 7.50. The van der Waals surface area contributed by atoms with Gasteiger partial charge in [0.1, 0.15) is 11.2 Å². The first-order chi connectivity index (χ1) is 19.8. The van der Waals surface area contributed by atoms with Gasteiger partial charge in [-0.25, -0.2) is 0 Å². The zero-order valence-electron chi connectivity index (χ0n) is 23.6. The molecule has 0 bridgehead atoms. The molecule has 0 radical (unpaired) electrons. The Morgan fingerprint density at radius 3 is 1.85 bits per heavy atom. The molecule has 0 spiro atoms. The fourth-order valence-corrected chi connectivity index (χ4v) is 6.17. The minimum Gasteiger partial charge on any atom is -0.455 e. The van der Waals surface area contributed by atoms with Gasteiger partial charge in [-0.1, -0.05) is 78.9 Å². The average Bonchev–Trinajstić information content (AvgIpc) is 3.59. The maximum Gasteiger partial charge on any atom is 0.494 e. The second kappa shape index (κ2) is 8.59. The number of para-hydroxylation sites is 2. The van der Waals surface area contributed by atoms with Crippen molar-refractivity contribution in [1.29, 1.82) is 0 Å². The number of aromatic nitrogens is 1. The van der Waals surface area contributed by atoms with E-state index in [0.29, 0.717) is 0 Å². The summed E-state index contributed by atoms with van der Waals surface area (Å²) in [4.78, 5) is 0. The maximum absolute atomic E-state index is 6.67. The van der Waals surface area contributed by atoms with Crippen LogP contribution in [0.4, 0.5) is 0 Å². The van der Waals surface area contributed by atoms with Gasteiger partial charge < -0.3 is 18.3 Å². The van der Waals surface area contributed by atoms with Crippen LogP contribution in [0.2, 0.25) is 0 Å². The van der Waals surface area contributed by atoms with Crippen LogP contribution in [0.15, 0.2) is 114 Å². The van der Waals surface area contributed by atoms with Crippen LogP contribution >= 0.6 is 0 Å². The van der Waals surface area contributed by atoms with Gasteiger partial charge in [-0.3, -0.25) is 0 Å². The number of fused-ring (bicyclic) bond motifs is 6. The predicted octanol–water partition coefficient (Wildman–Crippen LogP) is 8.65. The third-order valence-corrected chi connectivity index (χ3v) is 9.03. The van der Waals surface area contributed by atoms with Crippen LogP contribution in [0.25, 0.3) is 60.6 Å². The van der Waals surface area contributed by atoms with E-state index in [4.69, 9.17) is 13.7 Å². The van der Waals surface area contributed by atoms with Gasteiger partial charge in [0, 0.05) is 32.8 Å². The summed E-state index contributed by atoms with van der Waals surface area (Å²) in [6.45, 7) is 8.31. The molecule has 3 heterocycles. The molecule has 41 heavy (non-hydrogen) atoms. The third-order valence-electron chi connectivity index (χ3n) is 9.03. The summed E-state index contributed by atoms with van der Waals surface area (Å²) in [6, 6.07) is 38.6. The van der Waals surface area contributed by atoms with Gasteiger partial charge in [-0.2, -0.15) is 0 Å². The molecule has 7 aromatic rings. The summed E-state index contributed by atoms with van der Waals surface area (Å²) in [7, 11) is -0.445. The van der Waals surface area contributed by atoms with Gasteiger partial charge in [-0.15, -0.1) is 0 Å². The second-order valence-corrected chi connectivity index (χ2v) is 12.1. The Hall–Kier alpha value is -4.32. The van der Waals surface area contributed by atoms with E-state index in [0.717, 1.165) is 44.2 Å². The lowest BCUT2D eigenvalue weighted by Crippen LogP contribution is -2.41. The number of rotatable bonds is 3. The van der Waals surface area contributed by atoms with Crippen LogP contribution < -0.4 is 5.46 Å². The van der Waals surface area contributed by atoms with E-state index in [9.17, 15) is 0 Å². The highest BCUT2D eigenvalue weighted by molar-refractivity contribution is 6.62. The molecule has 200 valence electrons. The predicted molar refractivity (Wildman–Crippen MR) is 169 cm³/mol.